The van der Waals surface area contributed by atoms with E-state index in [1.54, 1.807) is 6.92 Å². The van der Waals surface area contributed by atoms with E-state index in [1.807, 2.05) is 36.4 Å². The Kier molecular flexibility index (Phi) is 3.94. The van der Waals surface area contributed by atoms with E-state index in [4.69, 9.17) is 4.74 Å². The number of carboxylic acid groups (broad SMARTS) is 1. The molecule has 2 aliphatic rings. The lowest BCUT2D eigenvalue weighted by Crippen LogP contribution is -2.54. The molecule has 5 heteroatoms. The van der Waals surface area contributed by atoms with Crippen LogP contribution in [0, 0.1) is 5.92 Å². The summed E-state index contributed by atoms with van der Waals surface area (Å²) in [5.41, 5.74) is 3.31. The van der Waals surface area contributed by atoms with Crippen LogP contribution in [0.15, 0.2) is 48.5 Å². The number of benzene rings is 2. The highest BCUT2D eigenvalue weighted by molar-refractivity contribution is 5.85. The number of rotatable bonds is 5. The highest BCUT2D eigenvalue weighted by Gasteiger charge is 2.49. The molecule has 1 amide bonds. The van der Waals surface area contributed by atoms with Crippen molar-refractivity contribution in [2.24, 2.45) is 5.92 Å². The Morgan fingerprint density at radius 2 is 1.62 bits per heavy atom. The number of alkyl carbamates (subject to hydrolysis) is 1. The van der Waals surface area contributed by atoms with Gasteiger partial charge in [0.05, 0.1) is 0 Å². The Morgan fingerprint density at radius 1 is 1.08 bits per heavy atom. The molecule has 2 N–H and O–H groups in total. The lowest BCUT2D eigenvalue weighted by Gasteiger charge is -2.26. The van der Waals surface area contributed by atoms with Crippen LogP contribution >= 0.6 is 0 Å². The van der Waals surface area contributed by atoms with E-state index in [-0.39, 0.29) is 18.4 Å². The molecule has 1 fully saturated rings. The van der Waals surface area contributed by atoms with E-state index in [0.29, 0.717) is 0 Å². The van der Waals surface area contributed by atoms with E-state index in [2.05, 4.69) is 17.4 Å². The molecule has 1 unspecified atom stereocenters. The zero-order valence-electron chi connectivity index (χ0n) is 14.6. The molecule has 134 valence electrons. The van der Waals surface area contributed by atoms with Crippen molar-refractivity contribution in [3.8, 4) is 11.1 Å². The largest absolute Gasteiger partial charge is 0.480 e. The smallest absolute Gasteiger partial charge is 0.408 e. The second kappa shape index (κ2) is 6.16. The molecule has 0 heterocycles. The standard InChI is InChI=1S/C21H21NO4/c1-21(19(23)24,13-10-11-13)22-20(25)26-12-18-16-8-4-2-6-14(16)15-7-3-5-9-17(15)18/h2-9,13,18H,10-12H2,1H3,(H,22,25)(H,23,24). The van der Waals surface area contributed by atoms with Crippen LogP contribution < -0.4 is 5.32 Å². The molecule has 0 aliphatic heterocycles. The van der Waals surface area contributed by atoms with Crippen molar-refractivity contribution >= 4 is 12.1 Å². The summed E-state index contributed by atoms with van der Waals surface area (Å²) >= 11 is 0. The van der Waals surface area contributed by atoms with Gasteiger partial charge in [0, 0.05) is 5.92 Å². The number of hydrogen-bond acceptors (Lipinski definition) is 3. The van der Waals surface area contributed by atoms with Gasteiger partial charge in [-0.05, 0) is 47.9 Å². The second-order valence-corrected chi connectivity index (χ2v) is 7.23. The van der Waals surface area contributed by atoms with Gasteiger partial charge in [-0.15, -0.1) is 0 Å². The van der Waals surface area contributed by atoms with E-state index in [0.717, 1.165) is 35.1 Å². The van der Waals surface area contributed by atoms with Gasteiger partial charge in [-0.2, -0.15) is 0 Å². The average molecular weight is 351 g/mol. The number of ether oxygens (including phenoxy) is 1. The van der Waals surface area contributed by atoms with E-state index in [9.17, 15) is 14.7 Å². The first-order valence-electron chi connectivity index (χ1n) is 8.87. The monoisotopic (exact) mass is 351 g/mol. The zero-order valence-corrected chi connectivity index (χ0v) is 14.6. The molecule has 0 saturated heterocycles. The third-order valence-electron chi connectivity index (χ3n) is 5.54. The molecular weight excluding hydrogens is 330 g/mol. The molecule has 0 radical (unpaired) electrons. The van der Waals surface area contributed by atoms with E-state index < -0.39 is 17.6 Å². The van der Waals surface area contributed by atoms with Crippen LogP contribution in [0.4, 0.5) is 4.79 Å². The SMILES string of the molecule is CC(NC(=O)OCC1c2ccccc2-c2ccccc21)(C(=O)O)C1CC1. The molecule has 0 aromatic heterocycles. The second-order valence-electron chi connectivity index (χ2n) is 7.23. The fraction of sp³-hybridized carbons (Fsp3) is 0.333. The van der Waals surface area contributed by atoms with Crippen LogP contribution in [0.5, 0.6) is 0 Å². The van der Waals surface area contributed by atoms with Gasteiger partial charge in [0.25, 0.3) is 0 Å². The quantitative estimate of drug-likeness (QED) is 0.860. The van der Waals surface area contributed by atoms with Crippen LogP contribution in [-0.2, 0) is 9.53 Å². The number of aliphatic carboxylic acids is 1. The minimum atomic E-state index is -1.26. The van der Waals surface area contributed by atoms with Crippen molar-refractivity contribution < 1.29 is 19.4 Å². The number of fused-ring (bicyclic) bond motifs is 3. The predicted octanol–water partition coefficient (Wildman–Crippen LogP) is 3.78. The third-order valence-corrected chi connectivity index (χ3v) is 5.54. The van der Waals surface area contributed by atoms with Gasteiger partial charge >= 0.3 is 12.1 Å². The van der Waals surface area contributed by atoms with Crippen molar-refractivity contribution in [3.63, 3.8) is 0 Å². The summed E-state index contributed by atoms with van der Waals surface area (Å²) in [5, 5.41) is 12.0. The molecule has 5 nitrogen and oxygen atoms in total. The summed E-state index contributed by atoms with van der Waals surface area (Å²) in [7, 11) is 0. The number of carbonyl (C=O) groups is 2. The molecule has 2 aromatic rings. The van der Waals surface area contributed by atoms with Crippen LogP contribution in [0.1, 0.15) is 36.8 Å². The number of nitrogens with one attached hydrogen (secondary N) is 1. The summed E-state index contributed by atoms with van der Waals surface area (Å²) in [6, 6.07) is 16.2. The number of amides is 1. The maximum atomic E-state index is 12.3. The number of carboxylic acids is 1. The number of carbonyl (C=O) groups excluding carboxylic acids is 1. The summed E-state index contributed by atoms with van der Waals surface area (Å²) < 4.78 is 5.45. The first kappa shape index (κ1) is 16.6. The van der Waals surface area contributed by atoms with Gasteiger partial charge in [0.15, 0.2) is 0 Å². The third kappa shape index (κ3) is 2.73. The topological polar surface area (TPSA) is 75.6 Å². The minimum absolute atomic E-state index is 0.0273. The van der Waals surface area contributed by atoms with Gasteiger partial charge in [-0.3, -0.25) is 0 Å². The molecule has 1 atom stereocenters. The lowest BCUT2D eigenvalue weighted by molar-refractivity contribution is -0.144. The Bertz CT molecular complexity index is 828. The Labute approximate surface area is 152 Å². The molecule has 4 rings (SSSR count). The van der Waals surface area contributed by atoms with Gasteiger partial charge in [0.1, 0.15) is 12.1 Å². The first-order chi connectivity index (χ1) is 12.5. The van der Waals surface area contributed by atoms with Crippen molar-refractivity contribution in [2.45, 2.75) is 31.2 Å². The van der Waals surface area contributed by atoms with Crippen molar-refractivity contribution in [3.05, 3.63) is 59.7 Å². The van der Waals surface area contributed by atoms with Crippen molar-refractivity contribution in [2.75, 3.05) is 6.61 Å². The Hall–Kier alpha value is -2.82. The van der Waals surface area contributed by atoms with E-state index >= 15 is 0 Å². The van der Waals surface area contributed by atoms with Crippen LogP contribution in [0.3, 0.4) is 0 Å². The molecule has 0 bridgehead atoms. The molecule has 0 spiro atoms. The highest BCUT2D eigenvalue weighted by Crippen LogP contribution is 2.44. The van der Waals surface area contributed by atoms with Crippen molar-refractivity contribution in [1.82, 2.24) is 5.32 Å². The van der Waals surface area contributed by atoms with Crippen LogP contribution in [0.25, 0.3) is 11.1 Å². The maximum Gasteiger partial charge on any atom is 0.408 e. The highest BCUT2D eigenvalue weighted by atomic mass is 16.5. The van der Waals surface area contributed by atoms with Gasteiger partial charge in [-0.1, -0.05) is 48.5 Å². The fourth-order valence-corrected chi connectivity index (χ4v) is 3.84. The van der Waals surface area contributed by atoms with Crippen molar-refractivity contribution in [1.29, 1.82) is 0 Å². The Balaban J connectivity index is 1.50. The molecule has 2 aliphatic carbocycles. The summed E-state index contributed by atoms with van der Waals surface area (Å²) in [5.74, 6) is -1.08. The number of hydrogen-bond donors (Lipinski definition) is 2. The van der Waals surface area contributed by atoms with Gasteiger partial charge < -0.3 is 15.2 Å². The minimum Gasteiger partial charge on any atom is -0.480 e. The predicted molar refractivity (Wildman–Crippen MR) is 97.0 cm³/mol. The van der Waals surface area contributed by atoms with Gasteiger partial charge in [-0.25, -0.2) is 9.59 Å². The van der Waals surface area contributed by atoms with E-state index in [1.165, 1.54) is 0 Å². The maximum absolute atomic E-state index is 12.3. The molecule has 26 heavy (non-hydrogen) atoms. The Morgan fingerprint density at radius 3 is 2.12 bits per heavy atom. The summed E-state index contributed by atoms with van der Waals surface area (Å²) in [6.07, 6.45) is 0.947. The normalized spacial score (nSPS) is 17.7. The van der Waals surface area contributed by atoms with Crippen LogP contribution in [0.2, 0.25) is 0 Å². The molecule has 2 aromatic carbocycles. The zero-order chi connectivity index (χ0) is 18.3. The van der Waals surface area contributed by atoms with Gasteiger partial charge in [0.2, 0.25) is 0 Å². The average Bonchev–Trinajstić information content (AvgIpc) is 3.44. The molecule has 1 saturated carbocycles. The first-order valence-corrected chi connectivity index (χ1v) is 8.87. The lowest BCUT2D eigenvalue weighted by atomic mass is 9.96. The molecular formula is C21H21NO4. The summed E-state index contributed by atoms with van der Waals surface area (Å²) in [6.45, 7) is 1.73. The van der Waals surface area contributed by atoms with Crippen LogP contribution in [-0.4, -0.2) is 29.3 Å². The fourth-order valence-electron chi connectivity index (χ4n) is 3.84. The summed E-state index contributed by atoms with van der Waals surface area (Å²) in [4.78, 5) is 23.8.